The first-order chi connectivity index (χ1) is 16.1. The highest BCUT2D eigenvalue weighted by atomic mass is 16.5. The van der Waals surface area contributed by atoms with E-state index in [0.29, 0.717) is 6.42 Å². The Balaban J connectivity index is 2.41. The third-order valence-electron chi connectivity index (χ3n) is 7.05. The normalized spacial score (nSPS) is 18.8. The molecule has 0 bridgehead atoms. The monoisotopic (exact) mass is 464 g/mol. The topological polar surface area (TPSA) is 63.6 Å². The van der Waals surface area contributed by atoms with Crippen molar-refractivity contribution < 1.29 is 19.4 Å². The minimum Gasteiger partial charge on any atom is -0.481 e. The van der Waals surface area contributed by atoms with E-state index >= 15 is 0 Å². The fraction of sp³-hybridized carbons (Fsp3) is 0.862. The number of aliphatic carboxylic acids is 1. The van der Waals surface area contributed by atoms with Crippen LogP contribution < -0.4 is 0 Å². The van der Waals surface area contributed by atoms with Crippen LogP contribution in [-0.2, 0) is 14.3 Å². The lowest BCUT2D eigenvalue weighted by atomic mass is 9.84. The fourth-order valence-electron chi connectivity index (χ4n) is 4.87. The molecule has 1 aliphatic rings. The summed E-state index contributed by atoms with van der Waals surface area (Å²) >= 11 is 0. The van der Waals surface area contributed by atoms with Gasteiger partial charge in [0.25, 0.3) is 0 Å². The number of esters is 1. The molecule has 0 saturated carbocycles. The maximum Gasteiger partial charge on any atom is 0.313 e. The Hall–Kier alpha value is -1.32. The summed E-state index contributed by atoms with van der Waals surface area (Å²) in [5.41, 5.74) is 0. The standard InChI is InChI=1S/C29H52O4/c1-3-5-7-9-11-12-14-16-18-22-25(21-17-15-13-10-8-6-4-2)33-29(32)27-24-20-19-23-26(27)28(30)31/h20,24-27H,3-19,21-23H2,1-2H3,(H,30,31). The molecule has 0 aliphatic heterocycles. The Morgan fingerprint density at radius 2 is 1.24 bits per heavy atom. The molecule has 0 aromatic carbocycles. The van der Waals surface area contributed by atoms with E-state index in [0.717, 1.165) is 32.1 Å². The Labute approximate surface area is 203 Å². The van der Waals surface area contributed by atoms with Gasteiger partial charge in [-0.2, -0.15) is 0 Å². The van der Waals surface area contributed by atoms with Crippen LogP contribution in [0.15, 0.2) is 12.2 Å². The highest BCUT2D eigenvalue weighted by Crippen LogP contribution is 2.28. The van der Waals surface area contributed by atoms with Gasteiger partial charge in [0.05, 0.1) is 11.8 Å². The van der Waals surface area contributed by atoms with Crippen LogP contribution in [0, 0.1) is 11.8 Å². The van der Waals surface area contributed by atoms with Crippen LogP contribution in [0.25, 0.3) is 0 Å². The number of ether oxygens (including phenoxy) is 1. The second-order valence-corrected chi connectivity index (χ2v) is 10.1. The Kier molecular flexibility index (Phi) is 18.1. The maximum atomic E-state index is 12.9. The van der Waals surface area contributed by atoms with Gasteiger partial charge in [0.1, 0.15) is 6.10 Å². The van der Waals surface area contributed by atoms with Crippen LogP contribution in [0.2, 0.25) is 0 Å². The molecule has 0 saturated heterocycles. The van der Waals surface area contributed by atoms with Crippen molar-refractivity contribution in [2.24, 2.45) is 11.8 Å². The molecule has 0 aromatic rings. The fourth-order valence-corrected chi connectivity index (χ4v) is 4.87. The number of rotatable bonds is 21. The summed E-state index contributed by atoms with van der Waals surface area (Å²) in [4.78, 5) is 24.4. The van der Waals surface area contributed by atoms with Crippen LogP contribution in [0.1, 0.15) is 142 Å². The summed E-state index contributed by atoms with van der Waals surface area (Å²) in [6.07, 6.45) is 27.0. The summed E-state index contributed by atoms with van der Waals surface area (Å²) in [6.45, 7) is 4.49. The summed E-state index contributed by atoms with van der Waals surface area (Å²) in [7, 11) is 0. The lowest BCUT2D eigenvalue weighted by molar-refractivity contribution is -0.160. The van der Waals surface area contributed by atoms with Crippen LogP contribution >= 0.6 is 0 Å². The average Bonchev–Trinajstić information content (AvgIpc) is 2.82. The van der Waals surface area contributed by atoms with Crippen molar-refractivity contribution in [2.45, 2.75) is 148 Å². The quantitative estimate of drug-likeness (QED) is 0.105. The van der Waals surface area contributed by atoms with E-state index in [4.69, 9.17) is 4.74 Å². The summed E-state index contributed by atoms with van der Waals surface area (Å²) < 4.78 is 5.93. The van der Waals surface area contributed by atoms with Gasteiger partial charge in [-0.25, -0.2) is 0 Å². The van der Waals surface area contributed by atoms with Crippen molar-refractivity contribution in [2.75, 3.05) is 0 Å². The van der Waals surface area contributed by atoms with Crippen molar-refractivity contribution in [1.29, 1.82) is 0 Å². The molecular formula is C29H52O4. The van der Waals surface area contributed by atoms with E-state index in [1.165, 1.54) is 89.9 Å². The first kappa shape index (κ1) is 29.7. The zero-order chi connectivity index (χ0) is 24.2. The van der Waals surface area contributed by atoms with Gasteiger partial charge in [-0.05, 0) is 38.5 Å². The van der Waals surface area contributed by atoms with Gasteiger partial charge in [-0.3, -0.25) is 9.59 Å². The zero-order valence-corrected chi connectivity index (χ0v) is 21.7. The number of hydrogen-bond donors (Lipinski definition) is 1. The van der Waals surface area contributed by atoms with Crippen molar-refractivity contribution in [1.82, 2.24) is 0 Å². The summed E-state index contributed by atoms with van der Waals surface area (Å²) in [5.74, 6) is -2.49. The lowest BCUT2D eigenvalue weighted by Crippen LogP contribution is -2.33. The maximum absolute atomic E-state index is 12.9. The average molecular weight is 465 g/mol. The van der Waals surface area contributed by atoms with Crippen LogP contribution in [0.3, 0.4) is 0 Å². The molecule has 4 nitrogen and oxygen atoms in total. The van der Waals surface area contributed by atoms with Crippen molar-refractivity contribution in [3.05, 3.63) is 12.2 Å². The number of unbranched alkanes of at least 4 members (excludes halogenated alkanes) is 14. The molecule has 1 rings (SSSR count). The number of carboxylic acids is 1. The van der Waals surface area contributed by atoms with Crippen LogP contribution in [-0.4, -0.2) is 23.1 Å². The molecule has 1 N–H and O–H groups in total. The van der Waals surface area contributed by atoms with E-state index in [-0.39, 0.29) is 12.1 Å². The molecular weight excluding hydrogens is 412 g/mol. The SMILES string of the molecule is CCCCCCCCCCCC(CCCCCCCCC)OC(=O)C1C=CCCC1C(=O)O. The predicted octanol–water partition coefficient (Wildman–Crippen LogP) is 8.63. The van der Waals surface area contributed by atoms with Crippen LogP contribution in [0.4, 0.5) is 0 Å². The highest BCUT2D eigenvalue weighted by molar-refractivity contribution is 5.83. The van der Waals surface area contributed by atoms with Crippen molar-refractivity contribution in [3.63, 3.8) is 0 Å². The number of carbonyl (C=O) groups excluding carboxylic acids is 1. The van der Waals surface area contributed by atoms with Gasteiger partial charge in [0.15, 0.2) is 0 Å². The molecule has 0 aromatic heterocycles. The minimum atomic E-state index is -0.885. The third kappa shape index (κ3) is 14.5. The Morgan fingerprint density at radius 1 is 0.788 bits per heavy atom. The molecule has 3 unspecified atom stereocenters. The van der Waals surface area contributed by atoms with E-state index in [9.17, 15) is 14.7 Å². The second kappa shape index (κ2) is 20.1. The van der Waals surface area contributed by atoms with Gasteiger partial charge in [-0.15, -0.1) is 0 Å². The predicted molar refractivity (Wildman–Crippen MR) is 137 cm³/mol. The molecule has 3 atom stereocenters. The number of hydrogen-bond acceptors (Lipinski definition) is 3. The highest BCUT2D eigenvalue weighted by Gasteiger charge is 2.35. The summed E-state index contributed by atoms with van der Waals surface area (Å²) in [6, 6.07) is 0. The van der Waals surface area contributed by atoms with Gasteiger partial charge in [-0.1, -0.05) is 116 Å². The molecule has 4 heteroatoms. The summed E-state index contributed by atoms with van der Waals surface area (Å²) in [5, 5.41) is 9.50. The van der Waals surface area contributed by atoms with Gasteiger partial charge in [0.2, 0.25) is 0 Å². The first-order valence-electron chi connectivity index (χ1n) is 14.2. The zero-order valence-electron chi connectivity index (χ0n) is 21.7. The number of carboxylic acid groups (broad SMARTS) is 1. The molecule has 0 heterocycles. The smallest absolute Gasteiger partial charge is 0.313 e. The van der Waals surface area contributed by atoms with E-state index < -0.39 is 17.8 Å². The Morgan fingerprint density at radius 3 is 1.70 bits per heavy atom. The van der Waals surface area contributed by atoms with E-state index in [1.54, 1.807) is 6.08 Å². The molecule has 1 aliphatic carbocycles. The molecule has 0 radical (unpaired) electrons. The largest absolute Gasteiger partial charge is 0.481 e. The molecule has 33 heavy (non-hydrogen) atoms. The van der Waals surface area contributed by atoms with Gasteiger partial charge in [0, 0.05) is 0 Å². The Bertz CT molecular complexity index is 528. The third-order valence-corrected chi connectivity index (χ3v) is 7.05. The van der Waals surface area contributed by atoms with Crippen molar-refractivity contribution in [3.8, 4) is 0 Å². The minimum absolute atomic E-state index is 0.0672. The molecule has 0 fully saturated rings. The van der Waals surface area contributed by atoms with Crippen LogP contribution in [0.5, 0.6) is 0 Å². The van der Waals surface area contributed by atoms with Gasteiger partial charge >= 0.3 is 11.9 Å². The number of allylic oxidation sites excluding steroid dienone is 1. The van der Waals surface area contributed by atoms with Crippen molar-refractivity contribution >= 4 is 11.9 Å². The first-order valence-corrected chi connectivity index (χ1v) is 14.2. The second-order valence-electron chi connectivity index (χ2n) is 10.1. The molecule has 192 valence electrons. The molecule has 0 spiro atoms. The molecule has 0 amide bonds. The van der Waals surface area contributed by atoms with E-state index in [2.05, 4.69) is 13.8 Å². The lowest BCUT2D eigenvalue weighted by Gasteiger charge is -2.26. The van der Waals surface area contributed by atoms with E-state index in [1.807, 2.05) is 6.08 Å². The van der Waals surface area contributed by atoms with Gasteiger partial charge < -0.3 is 9.84 Å². The number of carbonyl (C=O) groups is 2.